The van der Waals surface area contributed by atoms with Crippen molar-refractivity contribution in [3.63, 3.8) is 0 Å². The lowest BCUT2D eigenvalue weighted by Crippen LogP contribution is -2.24. The van der Waals surface area contributed by atoms with Crippen molar-refractivity contribution in [3.8, 4) is 5.75 Å². The molecule has 8 heteroatoms. The highest BCUT2D eigenvalue weighted by Crippen LogP contribution is 2.27. The van der Waals surface area contributed by atoms with Crippen molar-refractivity contribution in [2.45, 2.75) is 6.92 Å². The Hall–Kier alpha value is -3.00. The summed E-state index contributed by atoms with van der Waals surface area (Å²) in [6.45, 7) is 1.65. The van der Waals surface area contributed by atoms with E-state index < -0.39 is 11.6 Å². The van der Waals surface area contributed by atoms with Gasteiger partial charge in [0.1, 0.15) is 11.4 Å². The summed E-state index contributed by atoms with van der Waals surface area (Å²) in [6.07, 6.45) is 1.35. The zero-order valence-electron chi connectivity index (χ0n) is 13.1. The summed E-state index contributed by atoms with van der Waals surface area (Å²) in [7, 11) is 0. The fourth-order valence-electron chi connectivity index (χ4n) is 2.36. The van der Waals surface area contributed by atoms with Crippen LogP contribution in [0.3, 0.4) is 0 Å². The summed E-state index contributed by atoms with van der Waals surface area (Å²) in [5.74, 6) is -0.578. The maximum absolute atomic E-state index is 12.0. The Morgan fingerprint density at radius 1 is 1.32 bits per heavy atom. The molecule has 0 aliphatic carbocycles. The number of fused-ring (bicyclic) bond motifs is 1. The molecule has 0 spiro atoms. The van der Waals surface area contributed by atoms with E-state index in [0.29, 0.717) is 11.3 Å². The summed E-state index contributed by atoms with van der Waals surface area (Å²) >= 11 is 3.40. The lowest BCUT2D eigenvalue weighted by Gasteiger charge is -2.05. The van der Waals surface area contributed by atoms with Crippen LogP contribution in [-0.4, -0.2) is 27.2 Å². The summed E-state index contributed by atoms with van der Waals surface area (Å²) < 4.78 is 0.914. The summed E-state index contributed by atoms with van der Waals surface area (Å²) in [5, 5.41) is 15.6. The molecule has 0 unspecified atom stereocenters. The lowest BCUT2D eigenvalue weighted by molar-refractivity contribution is 0.0949. The number of H-pyrrole nitrogens is 1. The van der Waals surface area contributed by atoms with Gasteiger partial charge in [-0.2, -0.15) is 10.1 Å². The van der Waals surface area contributed by atoms with Crippen molar-refractivity contribution in [2.24, 2.45) is 5.10 Å². The standard InChI is InChI=1S/C17H13BrN4O3/c1-9-6-14(21-17(25)20-9)16(24)22-19-8-13-12-4-3-11(18)7-10(12)2-5-15(13)23/h2-8,23H,1H3,(H,22,24)(H,20,21,25)/b19-8+. The predicted molar refractivity (Wildman–Crippen MR) is 98.0 cm³/mol. The zero-order valence-corrected chi connectivity index (χ0v) is 14.7. The Kier molecular flexibility index (Phi) is 4.62. The van der Waals surface area contributed by atoms with E-state index in [2.05, 4.69) is 36.4 Å². The van der Waals surface area contributed by atoms with E-state index in [1.807, 2.05) is 18.2 Å². The van der Waals surface area contributed by atoms with Crippen LogP contribution in [0.25, 0.3) is 10.8 Å². The number of halogens is 1. The second-order valence-electron chi connectivity index (χ2n) is 5.32. The number of benzene rings is 2. The van der Waals surface area contributed by atoms with Crippen LogP contribution in [-0.2, 0) is 0 Å². The predicted octanol–water partition coefficient (Wildman–Crippen LogP) is 2.46. The van der Waals surface area contributed by atoms with Crippen LogP contribution in [0.2, 0.25) is 0 Å². The van der Waals surface area contributed by atoms with Gasteiger partial charge in [-0.15, -0.1) is 0 Å². The summed E-state index contributed by atoms with van der Waals surface area (Å²) in [6, 6.07) is 10.4. The molecule has 0 saturated carbocycles. The Balaban J connectivity index is 1.87. The molecule has 7 nitrogen and oxygen atoms in total. The molecule has 0 fully saturated rings. The van der Waals surface area contributed by atoms with Crippen LogP contribution in [0.4, 0.5) is 0 Å². The average molecular weight is 401 g/mol. The van der Waals surface area contributed by atoms with Gasteiger partial charge in [0.2, 0.25) is 0 Å². The smallest absolute Gasteiger partial charge is 0.345 e. The van der Waals surface area contributed by atoms with Gasteiger partial charge in [-0.25, -0.2) is 10.2 Å². The van der Waals surface area contributed by atoms with E-state index in [1.165, 1.54) is 12.3 Å². The number of aromatic nitrogens is 2. The highest BCUT2D eigenvalue weighted by Gasteiger charge is 2.09. The first-order valence-electron chi connectivity index (χ1n) is 7.26. The number of nitrogens with zero attached hydrogens (tertiary/aromatic N) is 2. The van der Waals surface area contributed by atoms with Gasteiger partial charge < -0.3 is 10.1 Å². The molecule has 0 aliphatic rings. The molecular formula is C17H13BrN4O3. The number of nitrogens with one attached hydrogen (secondary N) is 2. The minimum absolute atomic E-state index is 0.0375. The van der Waals surface area contributed by atoms with Crippen molar-refractivity contribution in [3.05, 3.63) is 68.3 Å². The Morgan fingerprint density at radius 3 is 2.88 bits per heavy atom. The molecule has 25 heavy (non-hydrogen) atoms. The van der Waals surface area contributed by atoms with Crippen LogP contribution in [0.5, 0.6) is 5.75 Å². The van der Waals surface area contributed by atoms with Crippen molar-refractivity contribution in [2.75, 3.05) is 0 Å². The van der Waals surface area contributed by atoms with Crippen molar-refractivity contribution < 1.29 is 9.90 Å². The number of phenolic OH excluding ortho intramolecular Hbond substituents is 1. The van der Waals surface area contributed by atoms with Crippen LogP contribution in [0.15, 0.2) is 50.8 Å². The van der Waals surface area contributed by atoms with Gasteiger partial charge in [-0.1, -0.05) is 28.1 Å². The highest BCUT2D eigenvalue weighted by atomic mass is 79.9. The van der Waals surface area contributed by atoms with E-state index in [0.717, 1.165) is 15.2 Å². The van der Waals surface area contributed by atoms with E-state index in [4.69, 9.17) is 0 Å². The van der Waals surface area contributed by atoms with Crippen LogP contribution < -0.4 is 11.1 Å². The first kappa shape index (κ1) is 16.8. The van der Waals surface area contributed by atoms with E-state index in [1.54, 1.807) is 19.1 Å². The van der Waals surface area contributed by atoms with Gasteiger partial charge in [0.05, 0.1) is 6.21 Å². The maximum atomic E-state index is 12.0. The van der Waals surface area contributed by atoms with Crippen LogP contribution in [0.1, 0.15) is 21.7 Å². The summed E-state index contributed by atoms with van der Waals surface area (Å²) in [5.41, 5.74) is 2.65. The molecule has 126 valence electrons. The number of amides is 1. The van der Waals surface area contributed by atoms with Gasteiger partial charge in [0.15, 0.2) is 0 Å². The molecule has 3 rings (SSSR count). The van der Waals surface area contributed by atoms with E-state index in [-0.39, 0.29) is 11.4 Å². The Bertz CT molecular complexity index is 1060. The number of aryl methyl sites for hydroxylation is 1. The van der Waals surface area contributed by atoms with Crippen LogP contribution in [0, 0.1) is 6.92 Å². The van der Waals surface area contributed by atoms with Gasteiger partial charge >= 0.3 is 5.69 Å². The number of hydrogen-bond acceptors (Lipinski definition) is 5. The topological polar surface area (TPSA) is 107 Å². The molecule has 0 radical (unpaired) electrons. The SMILES string of the molecule is Cc1cc(C(=O)N/N=C/c2c(O)ccc3cc(Br)ccc23)nc(=O)[nH]1. The van der Waals surface area contributed by atoms with Crippen molar-refractivity contribution >= 4 is 38.8 Å². The largest absolute Gasteiger partial charge is 0.507 e. The average Bonchev–Trinajstić information content (AvgIpc) is 2.56. The molecule has 1 heterocycles. The Morgan fingerprint density at radius 2 is 2.12 bits per heavy atom. The molecule has 2 aromatic carbocycles. The quantitative estimate of drug-likeness (QED) is 0.463. The van der Waals surface area contributed by atoms with Crippen LogP contribution >= 0.6 is 15.9 Å². The molecule has 0 aliphatic heterocycles. The molecular weight excluding hydrogens is 388 g/mol. The molecule has 3 N–H and O–H groups in total. The number of hydrazone groups is 1. The van der Waals surface area contributed by atoms with Gasteiger partial charge in [0, 0.05) is 15.7 Å². The molecule has 0 bridgehead atoms. The third-order valence-corrected chi connectivity index (χ3v) is 3.97. The third-order valence-electron chi connectivity index (χ3n) is 3.47. The second-order valence-corrected chi connectivity index (χ2v) is 6.23. The number of rotatable bonds is 3. The minimum atomic E-state index is -0.618. The number of aromatic amines is 1. The number of aromatic hydroxyl groups is 1. The molecule has 1 aromatic heterocycles. The maximum Gasteiger partial charge on any atom is 0.345 e. The van der Waals surface area contributed by atoms with Crippen molar-refractivity contribution in [1.82, 2.24) is 15.4 Å². The fourth-order valence-corrected chi connectivity index (χ4v) is 2.74. The van der Waals surface area contributed by atoms with Crippen molar-refractivity contribution in [1.29, 1.82) is 0 Å². The zero-order chi connectivity index (χ0) is 18.0. The van der Waals surface area contributed by atoms with E-state index >= 15 is 0 Å². The van der Waals surface area contributed by atoms with E-state index in [9.17, 15) is 14.7 Å². The van der Waals surface area contributed by atoms with Gasteiger partial charge in [0.25, 0.3) is 5.91 Å². The first-order chi connectivity index (χ1) is 11.9. The number of hydrogen-bond donors (Lipinski definition) is 3. The van der Waals surface area contributed by atoms with Gasteiger partial charge in [-0.05, 0) is 42.0 Å². The number of carbonyl (C=O) groups excluding carboxylic acids is 1. The number of carbonyl (C=O) groups is 1. The number of phenols is 1. The molecule has 3 aromatic rings. The fraction of sp³-hybridized carbons (Fsp3) is 0.0588. The minimum Gasteiger partial charge on any atom is -0.507 e. The second kappa shape index (κ2) is 6.86. The normalized spacial score (nSPS) is 11.1. The Labute approximate surface area is 150 Å². The highest BCUT2D eigenvalue weighted by molar-refractivity contribution is 9.10. The first-order valence-corrected chi connectivity index (χ1v) is 8.06. The molecule has 0 atom stereocenters. The monoisotopic (exact) mass is 400 g/mol. The molecule has 1 amide bonds. The van der Waals surface area contributed by atoms with Gasteiger partial charge in [-0.3, -0.25) is 4.79 Å². The summed E-state index contributed by atoms with van der Waals surface area (Å²) in [4.78, 5) is 29.4. The third kappa shape index (κ3) is 3.74. The lowest BCUT2D eigenvalue weighted by atomic mass is 10.0. The molecule has 0 saturated heterocycles.